The van der Waals surface area contributed by atoms with Crippen molar-refractivity contribution in [3.63, 3.8) is 0 Å². The maximum atomic E-state index is 14.2. The molecule has 4 aromatic rings. The normalized spacial score (nSPS) is 11.3. The van der Waals surface area contributed by atoms with Crippen LogP contribution in [0.5, 0.6) is 0 Å². The topological polar surface area (TPSA) is 35.6 Å². The molecule has 0 amide bonds. The van der Waals surface area contributed by atoms with Crippen molar-refractivity contribution in [3.8, 4) is 11.4 Å². The zero-order valence-corrected chi connectivity index (χ0v) is 15.1. The molecule has 4 rings (SSSR count). The van der Waals surface area contributed by atoms with Crippen LogP contribution in [0, 0.1) is 5.82 Å². The van der Waals surface area contributed by atoms with Gasteiger partial charge in [-0.25, -0.2) is 14.4 Å². The van der Waals surface area contributed by atoms with Crippen LogP contribution in [-0.4, -0.2) is 19.1 Å². The van der Waals surface area contributed by atoms with Gasteiger partial charge in [0.05, 0.1) is 23.1 Å². The van der Waals surface area contributed by atoms with Gasteiger partial charge in [-0.3, -0.25) is 0 Å². The van der Waals surface area contributed by atoms with Crippen molar-refractivity contribution in [2.75, 3.05) is 0 Å². The van der Waals surface area contributed by atoms with Crippen molar-refractivity contribution < 1.29 is 4.39 Å². The van der Waals surface area contributed by atoms with Crippen LogP contribution in [-0.2, 0) is 13.1 Å². The first-order valence-electron chi connectivity index (χ1n) is 8.58. The lowest BCUT2D eigenvalue weighted by atomic mass is 10.2. The molecule has 0 radical (unpaired) electrons. The van der Waals surface area contributed by atoms with E-state index in [0.717, 1.165) is 29.8 Å². The molecule has 6 heteroatoms. The van der Waals surface area contributed by atoms with Crippen molar-refractivity contribution in [2.45, 2.75) is 26.4 Å². The zero-order chi connectivity index (χ0) is 18.1. The first kappa shape index (κ1) is 16.8. The number of nitrogens with zero attached hydrogens (tertiary/aromatic N) is 4. The number of fused-ring (bicyclic) bond motifs is 1. The van der Waals surface area contributed by atoms with Gasteiger partial charge in [0.15, 0.2) is 0 Å². The number of benzene rings is 2. The highest BCUT2D eigenvalue weighted by Gasteiger charge is 2.15. The lowest BCUT2D eigenvalue weighted by Gasteiger charge is -2.11. The molecular formula is C20H18ClFN4. The first-order valence-corrected chi connectivity index (χ1v) is 8.96. The third-order valence-electron chi connectivity index (χ3n) is 4.38. The number of hydrogen-bond acceptors (Lipinski definition) is 2. The molecule has 2 aromatic heterocycles. The summed E-state index contributed by atoms with van der Waals surface area (Å²) in [7, 11) is 0. The van der Waals surface area contributed by atoms with Crippen molar-refractivity contribution in [3.05, 3.63) is 71.5 Å². The second-order valence-corrected chi connectivity index (χ2v) is 6.61. The van der Waals surface area contributed by atoms with Gasteiger partial charge in [-0.2, -0.15) is 0 Å². The van der Waals surface area contributed by atoms with E-state index in [1.807, 2.05) is 35.0 Å². The van der Waals surface area contributed by atoms with E-state index in [1.165, 1.54) is 6.07 Å². The summed E-state index contributed by atoms with van der Waals surface area (Å²) < 4.78 is 18.3. The van der Waals surface area contributed by atoms with Crippen molar-refractivity contribution in [1.29, 1.82) is 0 Å². The number of aryl methyl sites for hydroxylation is 1. The van der Waals surface area contributed by atoms with Crippen molar-refractivity contribution >= 4 is 22.6 Å². The molecule has 0 aliphatic carbocycles. The van der Waals surface area contributed by atoms with Crippen LogP contribution in [0.15, 0.2) is 54.9 Å². The van der Waals surface area contributed by atoms with E-state index < -0.39 is 0 Å². The molecule has 0 fully saturated rings. The van der Waals surface area contributed by atoms with E-state index in [-0.39, 0.29) is 5.82 Å². The molecule has 0 aliphatic rings. The molecule has 132 valence electrons. The third kappa shape index (κ3) is 2.99. The molecular weight excluding hydrogens is 351 g/mol. The SMILES string of the molecule is CCCn1c(Cn2ccnc2-c2ccccc2F)nc2ccc(Cl)cc21. The molecule has 2 aromatic carbocycles. The van der Waals surface area contributed by atoms with E-state index in [1.54, 1.807) is 18.3 Å². The van der Waals surface area contributed by atoms with Gasteiger partial charge in [-0.05, 0) is 36.8 Å². The summed E-state index contributed by atoms with van der Waals surface area (Å²) in [5, 5.41) is 0.691. The maximum Gasteiger partial charge on any atom is 0.143 e. The maximum absolute atomic E-state index is 14.2. The first-order chi connectivity index (χ1) is 12.7. The average Bonchev–Trinajstić information content (AvgIpc) is 3.21. The summed E-state index contributed by atoms with van der Waals surface area (Å²) in [5.41, 5.74) is 2.41. The van der Waals surface area contributed by atoms with Crippen molar-refractivity contribution in [2.24, 2.45) is 0 Å². The number of halogens is 2. The van der Waals surface area contributed by atoms with E-state index in [2.05, 4.69) is 16.5 Å². The summed E-state index contributed by atoms with van der Waals surface area (Å²) in [6, 6.07) is 12.4. The van der Waals surface area contributed by atoms with Gasteiger partial charge in [0, 0.05) is 24.0 Å². The highest BCUT2D eigenvalue weighted by Crippen LogP contribution is 2.24. The molecule has 4 nitrogen and oxygen atoms in total. The van der Waals surface area contributed by atoms with Crippen molar-refractivity contribution in [1.82, 2.24) is 19.1 Å². The Balaban J connectivity index is 1.78. The Hall–Kier alpha value is -2.66. The van der Waals surface area contributed by atoms with Crippen LogP contribution in [0.2, 0.25) is 5.02 Å². The summed E-state index contributed by atoms with van der Waals surface area (Å²) in [6.45, 7) is 3.48. The standard InChI is InChI=1S/C20H18ClFN4/c1-2-10-26-18-12-14(21)7-8-17(18)24-19(26)13-25-11-9-23-20(25)15-5-3-4-6-16(15)22/h3-9,11-12H,2,10,13H2,1H3. The fourth-order valence-corrected chi connectivity index (χ4v) is 3.38. The third-order valence-corrected chi connectivity index (χ3v) is 4.61. The number of rotatable bonds is 5. The fraction of sp³-hybridized carbons (Fsp3) is 0.200. The number of imidazole rings is 2. The Morgan fingerprint density at radius 1 is 1.15 bits per heavy atom. The van der Waals surface area contributed by atoms with Gasteiger partial charge in [-0.1, -0.05) is 30.7 Å². The van der Waals surface area contributed by atoms with E-state index in [0.29, 0.717) is 23.0 Å². The molecule has 0 bridgehead atoms. The van der Waals surface area contributed by atoms with Gasteiger partial charge >= 0.3 is 0 Å². The Labute approximate surface area is 155 Å². The minimum Gasteiger partial charge on any atom is -0.326 e. The Morgan fingerprint density at radius 2 is 2.00 bits per heavy atom. The quantitative estimate of drug-likeness (QED) is 0.488. The van der Waals surface area contributed by atoms with Gasteiger partial charge in [0.25, 0.3) is 0 Å². The molecule has 0 aliphatic heterocycles. The average molecular weight is 369 g/mol. The molecule has 0 N–H and O–H groups in total. The van der Waals surface area contributed by atoms with Crippen LogP contribution in [0.1, 0.15) is 19.2 Å². The molecule has 0 spiro atoms. The lowest BCUT2D eigenvalue weighted by Crippen LogP contribution is -2.09. The molecule has 0 unspecified atom stereocenters. The van der Waals surface area contributed by atoms with Crippen LogP contribution in [0.25, 0.3) is 22.4 Å². The minimum absolute atomic E-state index is 0.284. The lowest BCUT2D eigenvalue weighted by molar-refractivity contribution is 0.617. The predicted octanol–water partition coefficient (Wildman–Crippen LogP) is 5.15. The summed E-state index contributed by atoms with van der Waals surface area (Å²) in [6.07, 6.45) is 4.52. The molecule has 0 atom stereocenters. The second kappa shape index (κ2) is 6.92. The monoisotopic (exact) mass is 368 g/mol. The van der Waals surface area contributed by atoms with Gasteiger partial charge in [0.2, 0.25) is 0 Å². The smallest absolute Gasteiger partial charge is 0.143 e. The molecule has 0 saturated carbocycles. The van der Waals surface area contributed by atoms with E-state index in [4.69, 9.17) is 16.6 Å². The zero-order valence-electron chi connectivity index (χ0n) is 14.4. The Morgan fingerprint density at radius 3 is 2.81 bits per heavy atom. The Bertz CT molecular complexity index is 1070. The van der Waals surface area contributed by atoms with Gasteiger partial charge in [-0.15, -0.1) is 0 Å². The highest BCUT2D eigenvalue weighted by atomic mass is 35.5. The summed E-state index contributed by atoms with van der Waals surface area (Å²) >= 11 is 6.17. The number of aromatic nitrogens is 4. The largest absolute Gasteiger partial charge is 0.326 e. The van der Waals surface area contributed by atoms with E-state index >= 15 is 0 Å². The molecule has 2 heterocycles. The minimum atomic E-state index is -0.284. The van der Waals surface area contributed by atoms with E-state index in [9.17, 15) is 4.39 Å². The summed E-state index contributed by atoms with van der Waals surface area (Å²) in [5.74, 6) is 1.21. The number of hydrogen-bond donors (Lipinski definition) is 0. The van der Waals surface area contributed by atoms with Crippen LogP contribution >= 0.6 is 11.6 Å². The molecule has 0 saturated heterocycles. The molecule has 26 heavy (non-hydrogen) atoms. The predicted molar refractivity (Wildman–Crippen MR) is 102 cm³/mol. The fourth-order valence-electron chi connectivity index (χ4n) is 3.22. The van der Waals surface area contributed by atoms with Gasteiger partial charge in [0.1, 0.15) is 17.5 Å². The summed E-state index contributed by atoms with van der Waals surface area (Å²) in [4.78, 5) is 9.12. The van der Waals surface area contributed by atoms with Crippen LogP contribution in [0.4, 0.5) is 4.39 Å². The highest BCUT2D eigenvalue weighted by molar-refractivity contribution is 6.31. The Kier molecular flexibility index (Phi) is 4.47. The van der Waals surface area contributed by atoms with Crippen LogP contribution in [0.3, 0.4) is 0 Å². The second-order valence-electron chi connectivity index (χ2n) is 6.17. The van der Waals surface area contributed by atoms with Crippen LogP contribution < -0.4 is 0 Å². The van der Waals surface area contributed by atoms with Gasteiger partial charge < -0.3 is 9.13 Å².